The van der Waals surface area contributed by atoms with Crippen molar-refractivity contribution in [2.75, 3.05) is 0 Å². The van der Waals surface area contributed by atoms with E-state index < -0.39 is 5.60 Å². The van der Waals surface area contributed by atoms with Crippen LogP contribution in [0.4, 0.5) is 0 Å². The molecular formula is C21H31ClO. The van der Waals surface area contributed by atoms with Crippen LogP contribution in [0.5, 0.6) is 0 Å². The van der Waals surface area contributed by atoms with Crippen molar-refractivity contribution < 1.29 is 5.11 Å². The summed E-state index contributed by atoms with van der Waals surface area (Å²) in [5, 5.41) is 13.7. The maximum Gasteiger partial charge on any atom is 0.132 e. The lowest BCUT2D eigenvalue weighted by molar-refractivity contribution is -0.134. The molecule has 0 spiro atoms. The van der Waals surface area contributed by atoms with Gasteiger partial charge in [-0.3, -0.25) is 0 Å². The highest BCUT2D eigenvalue weighted by atomic mass is 35.5. The molecule has 7 atom stereocenters. The van der Waals surface area contributed by atoms with Gasteiger partial charge in [0.15, 0.2) is 0 Å². The summed E-state index contributed by atoms with van der Waals surface area (Å²) in [6.45, 7) is 4.91. The molecule has 23 heavy (non-hydrogen) atoms. The van der Waals surface area contributed by atoms with Crippen LogP contribution in [0.2, 0.25) is 0 Å². The van der Waals surface area contributed by atoms with Gasteiger partial charge in [0.25, 0.3) is 0 Å². The molecule has 0 bridgehead atoms. The molecule has 4 fully saturated rings. The summed E-state index contributed by atoms with van der Waals surface area (Å²) in [6, 6.07) is 0. The molecule has 4 rings (SSSR count). The summed E-state index contributed by atoms with van der Waals surface area (Å²) in [5.41, 5.74) is -0.329. The Hall–Kier alpha value is -0.190. The molecule has 0 aromatic heterocycles. The highest BCUT2D eigenvalue weighted by molar-refractivity contribution is 6.30. The third-order valence-corrected chi connectivity index (χ3v) is 9.08. The zero-order valence-corrected chi connectivity index (χ0v) is 15.5. The first kappa shape index (κ1) is 16.3. The van der Waals surface area contributed by atoms with Crippen LogP contribution in [0, 0.1) is 45.8 Å². The lowest BCUT2D eigenvalue weighted by Crippen LogP contribution is -2.55. The highest BCUT2D eigenvalue weighted by Gasteiger charge is 2.64. The molecule has 0 radical (unpaired) electrons. The van der Waals surface area contributed by atoms with Gasteiger partial charge in [-0.2, -0.15) is 0 Å². The molecule has 0 amide bonds. The Balaban J connectivity index is 1.66. The first-order chi connectivity index (χ1) is 10.9. The Morgan fingerprint density at radius 1 is 0.913 bits per heavy atom. The van der Waals surface area contributed by atoms with Crippen LogP contribution in [0.1, 0.15) is 78.1 Å². The number of hydrogen-bond donors (Lipinski definition) is 1. The number of halogens is 1. The molecule has 1 nitrogen and oxygen atoms in total. The van der Waals surface area contributed by atoms with Crippen molar-refractivity contribution in [1.29, 1.82) is 0 Å². The van der Waals surface area contributed by atoms with Gasteiger partial charge in [-0.15, -0.1) is 0 Å². The van der Waals surface area contributed by atoms with Crippen molar-refractivity contribution in [3.05, 3.63) is 0 Å². The summed E-state index contributed by atoms with van der Waals surface area (Å²) in [5.74, 6) is 6.28. The molecule has 0 aliphatic heterocycles. The largest absolute Gasteiger partial charge is 0.377 e. The van der Waals surface area contributed by atoms with E-state index in [1.807, 2.05) is 0 Å². The summed E-state index contributed by atoms with van der Waals surface area (Å²) in [7, 11) is 0. The topological polar surface area (TPSA) is 20.2 Å². The standard InChI is InChI=1S/C21H31ClO/c1-19-10-4-3-5-15(19)6-7-16-17(19)8-11-20(2)18(16)9-12-21(20,23)13-14-22/h15-18,23H,3-12H2,1-2H3/t15-,16-,17+,18+,19+,20+,21-/m1/s1. The molecule has 0 aromatic carbocycles. The van der Waals surface area contributed by atoms with Gasteiger partial charge in [0.1, 0.15) is 5.60 Å². The van der Waals surface area contributed by atoms with Crippen LogP contribution in [0.3, 0.4) is 0 Å². The Labute approximate surface area is 146 Å². The van der Waals surface area contributed by atoms with Gasteiger partial charge in [-0.25, -0.2) is 0 Å². The predicted molar refractivity (Wildman–Crippen MR) is 94.9 cm³/mol. The normalized spacial score (nSPS) is 55.1. The molecule has 128 valence electrons. The van der Waals surface area contributed by atoms with Crippen molar-refractivity contribution in [1.82, 2.24) is 0 Å². The minimum absolute atomic E-state index is 0.0477. The van der Waals surface area contributed by atoms with E-state index in [4.69, 9.17) is 11.6 Å². The van der Waals surface area contributed by atoms with E-state index in [0.29, 0.717) is 11.3 Å². The molecule has 1 N–H and O–H groups in total. The molecule has 4 aliphatic rings. The third-order valence-electron chi connectivity index (χ3n) is 8.99. The molecule has 2 heteroatoms. The Kier molecular flexibility index (Phi) is 3.83. The second-order valence-electron chi connectivity index (χ2n) is 9.48. The van der Waals surface area contributed by atoms with E-state index in [1.54, 1.807) is 0 Å². The first-order valence-electron chi connectivity index (χ1n) is 9.80. The number of hydrogen-bond acceptors (Lipinski definition) is 1. The number of rotatable bonds is 0. The minimum atomic E-state index is -0.852. The fraction of sp³-hybridized carbons (Fsp3) is 0.905. The molecule has 4 aliphatic carbocycles. The van der Waals surface area contributed by atoms with E-state index in [2.05, 4.69) is 25.1 Å². The van der Waals surface area contributed by atoms with Crippen molar-refractivity contribution in [2.45, 2.75) is 83.7 Å². The van der Waals surface area contributed by atoms with E-state index in [0.717, 1.165) is 37.0 Å². The Morgan fingerprint density at radius 2 is 1.70 bits per heavy atom. The Bertz CT molecular complexity index is 548. The van der Waals surface area contributed by atoms with Gasteiger partial charge in [-0.05, 0) is 92.1 Å². The fourth-order valence-electron chi connectivity index (χ4n) is 7.59. The van der Waals surface area contributed by atoms with Gasteiger partial charge < -0.3 is 5.11 Å². The Morgan fingerprint density at radius 3 is 2.48 bits per heavy atom. The molecule has 0 unspecified atom stereocenters. The van der Waals surface area contributed by atoms with E-state index in [9.17, 15) is 5.11 Å². The second-order valence-corrected chi connectivity index (χ2v) is 9.67. The SMILES string of the molecule is C[C@]12CCCC[C@@H]1CC[C@@H]1[C@@H]2CC[C@@]2(C)[C@H]1CC[C@@]2(O)C#CCl. The van der Waals surface area contributed by atoms with Crippen molar-refractivity contribution in [3.63, 3.8) is 0 Å². The van der Waals surface area contributed by atoms with Crippen LogP contribution >= 0.6 is 11.6 Å². The summed E-state index contributed by atoms with van der Waals surface area (Å²) in [6.07, 6.45) is 13.0. The smallest absolute Gasteiger partial charge is 0.132 e. The lowest BCUT2D eigenvalue weighted by atomic mass is 9.44. The van der Waals surface area contributed by atoms with E-state index in [1.165, 1.54) is 44.9 Å². The van der Waals surface area contributed by atoms with E-state index in [-0.39, 0.29) is 5.41 Å². The highest BCUT2D eigenvalue weighted by Crippen LogP contribution is 2.68. The van der Waals surface area contributed by atoms with Crippen LogP contribution < -0.4 is 0 Å². The van der Waals surface area contributed by atoms with E-state index >= 15 is 0 Å². The van der Waals surface area contributed by atoms with Gasteiger partial charge >= 0.3 is 0 Å². The van der Waals surface area contributed by atoms with Gasteiger partial charge in [-0.1, -0.05) is 32.6 Å². The van der Waals surface area contributed by atoms with Crippen molar-refractivity contribution in [2.24, 2.45) is 34.5 Å². The second kappa shape index (κ2) is 5.40. The maximum absolute atomic E-state index is 11.2. The van der Waals surface area contributed by atoms with Gasteiger partial charge in [0.2, 0.25) is 0 Å². The number of fused-ring (bicyclic) bond motifs is 5. The third kappa shape index (κ3) is 2.10. The first-order valence-corrected chi connectivity index (χ1v) is 10.2. The predicted octanol–water partition coefficient (Wildman–Crippen LogP) is 5.35. The zero-order valence-electron chi connectivity index (χ0n) is 14.7. The quantitative estimate of drug-likeness (QED) is 0.592. The molecule has 0 saturated heterocycles. The fourth-order valence-corrected chi connectivity index (χ4v) is 7.75. The zero-order chi connectivity index (χ0) is 16.3. The molecule has 0 aromatic rings. The molecular weight excluding hydrogens is 304 g/mol. The maximum atomic E-state index is 11.2. The van der Waals surface area contributed by atoms with Gasteiger partial charge in [0.05, 0.1) is 0 Å². The van der Waals surface area contributed by atoms with Crippen molar-refractivity contribution >= 4 is 11.6 Å². The van der Waals surface area contributed by atoms with Crippen LogP contribution in [0.25, 0.3) is 0 Å². The van der Waals surface area contributed by atoms with Gasteiger partial charge in [0, 0.05) is 10.8 Å². The van der Waals surface area contributed by atoms with Crippen LogP contribution in [-0.2, 0) is 0 Å². The summed E-state index contributed by atoms with van der Waals surface area (Å²) >= 11 is 5.69. The minimum Gasteiger partial charge on any atom is -0.377 e. The molecule has 0 heterocycles. The van der Waals surface area contributed by atoms with Crippen LogP contribution in [0.15, 0.2) is 0 Å². The van der Waals surface area contributed by atoms with Crippen molar-refractivity contribution in [3.8, 4) is 11.3 Å². The number of aliphatic hydroxyl groups is 1. The summed E-state index contributed by atoms with van der Waals surface area (Å²) < 4.78 is 0. The van der Waals surface area contributed by atoms with Crippen LogP contribution in [-0.4, -0.2) is 10.7 Å². The average Bonchev–Trinajstić information content (AvgIpc) is 2.79. The lowest BCUT2D eigenvalue weighted by Gasteiger charge is -2.60. The molecule has 4 saturated carbocycles. The monoisotopic (exact) mass is 334 g/mol. The summed E-state index contributed by atoms with van der Waals surface area (Å²) in [4.78, 5) is 0. The average molecular weight is 335 g/mol.